The van der Waals surface area contributed by atoms with Crippen LogP contribution in [0.4, 0.5) is 0 Å². The highest BCUT2D eigenvalue weighted by Gasteiger charge is 2.32. The van der Waals surface area contributed by atoms with Crippen LogP contribution >= 0.6 is 0 Å². The zero-order chi connectivity index (χ0) is 10.0. The van der Waals surface area contributed by atoms with E-state index in [9.17, 15) is 5.26 Å². The Bertz CT molecular complexity index is 411. The van der Waals surface area contributed by atoms with Crippen molar-refractivity contribution in [2.24, 2.45) is 0 Å². The minimum atomic E-state index is -0.286. The Labute approximate surface area is 84.7 Å². The second-order valence-electron chi connectivity index (χ2n) is 3.74. The first-order valence-corrected chi connectivity index (χ1v) is 5.00. The van der Waals surface area contributed by atoms with E-state index in [4.69, 9.17) is 0 Å². The third kappa shape index (κ3) is 1.15. The molecule has 0 fully saturated rings. The molecule has 0 aromatic heterocycles. The van der Waals surface area contributed by atoms with Crippen molar-refractivity contribution >= 4 is 6.08 Å². The first-order chi connectivity index (χ1) is 6.82. The Balaban J connectivity index is 2.61. The number of nitriles is 1. The van der Waals surface area contributed by atoms with Gasteiger partial charge in [-0.1, -0.05) is 43.3 Å². The minimum Gasteiger partial charge on any atom is -0.197 e. The van der Waals surface area contributed by atoms with Crippen molar-refractivity contribution < 1.29 is 0 Å². The summed E-state index contributed by atoms with van der Waals surface area (Å²) in [6.07, 6.45) is 5.94. The summed E-state index contributed by atoms with van der Waals surface area (Å²) in [7, 11) is 0. The monoisotopic (exact) mass is 183 g/mol. The zero-order valence-electron chi connectivity index (χ0n) is 8.33. The summed E-state index contributed by atoms with van der Waals surface area (Å²) < 4.78 is 0. The molecule has 0 bridgehead atoms. The lowest BCUT2D eigenvalue weighted by Crippen LogP contribution is -2.25. The van der Waals surface area contributed by atoms with Gasteiger partial charge in [0.25, 0.3) is 0 Å². The van der Waals surface area contributed by atoms with Gasteiger partial charge in [0.05, 0.1) is 11.5 Å². The average Bonchev–Trinajstić information content (AvgIpc) is 2.28. The predicted molar refractivity (Wildman–Crippen MR) is 57.7 cm³/mol. The minimum absolute atomic E-state index is 0.286. The molecule has 0 aliphatic heterocycles. The molecule has 70 valence electrons. The van der Waals surface area contributed by atoms with Crippen molar-refractivity contribution in [2.75, 3.05) is 0 Å². The fourth-order valence-corrected chi connectivity index (χ4v) is 2.09. The highest BCUT2D eigenvalue weighted by molar-refractivity contribution is 5.61. The van der Waals surface area contributed by atoms with Gasteiger partial charge in [-0.25, -0.2) is 0 Å². The fraction of sp³-hybridized carbons (Fsp3) is 0.308. The Morgan fingerprint density at radius 3 is 2.93 bits per heavy atom. The summed E-state index contributed by atoms with van der Waals surface area (Å²) in [6.45, 7) is 2.08. The lowest BCUT2D eigenvalue weighted by Gasteiger charge is -2.28. The van der Waals surface area contributed by atoms with Gasteiger partial charge < -0.3 is 0 Å². The molecule has 0 amide bonds. The lowest BCUT2D eigenvalue weighted by molar-refractivity contribution is 0.532. The van der Waals surface area contributed by atoms with Crippen molar-refractivity contribution in [3.05, 3.63) is 41.5 Å². The van der Waals surface area contributed by atoms with Crippen LogP contribution in [0, 0.1) is 11.3 Å². The van der Waals surface area contributed by atoms with Gasteiger partial charge in [0, 0.05) is 0 Å². The van der Waals surface area contributed by atoms with Crippen molar-refractivity contribution in [3.8, 4) is 6.07 Å². The van der Waals surface area contributed by atoms with E-state index in [1.807, 2.05) is 12.1 Å². The van der Waals surface area contributed by atoms with Crippen LogP contribution in [0.2, 0.25) is 0 Å². The molecular weight excluding hydrogens is 170 g/mol. The summed E-state index contributed by atoms with van der Waals surface area (Å²) in [5.74, 6) is 0. The maximum Gasteiger partial charge on any atom is 0.0859 e. The Hall–Kier alpha value is -1.55. The molecule has 1 aliphatic rings. The van der Waals surface area contributed by atoms with E-state index in [0.717, 1.165) is 12.8 Å². The third-order valence-electron chi connectivity index (χ3n) is 3.06. The van der Waals surface area contributed by atoms with Crippen molar-refractivity contribution in [1.82, 2.24) is 0 Å². The van der Waals surface area contributed by atoms with Crippen molar-refractivity contribution in [3.63, 3.8) is 0 Å². The van der Waals surface area contributed by atoms with Gasteiger partial charge in [0.15, 0.2) is 0 Å². The summed E-state index contributed by atoms with van der Waals surface area (Å²) >= 11 is 0. The summed E-state index contributed by atoms with van der Waals surface area (Å²) in [4.78, 5) is 0. The molecule has 1 aliphatic carbocycles. The van der Waals surface area contributed by atoms with Gasteiger partial charge in [-0.3, -0.25) is 0 Å². The molecule has 1 atom stereocenters. The van der Waals surface area contributed by atoms with Crippen molar-refractivity contribution in [2.45, 2.75) is 25.2 Å². The molecule has 1 aromatic rings. The van der Waals surface area contributed by atoms with E-state index in [0.29, 0.717) is 0 Å². The smallest absolute Gasteiger partial charge is 0.0859 e. The molecule has 1 aromatic carbocycles. The largest absolute Gasteiger partial charge is 0.197 e. The fourth-order valence-electron chi connectivity index (χ4n) is 2.09. The number of rotatable bonds is 1. The number of hydrogen-bond acceptors (Lipinski definition) is 1. The van der Waals surface area contributed by atoms with Gasteiger partial charge in [-0.05, 0) is 24.0 Å². The number of benzene rings is 1. The van der Waals surface area contributed by atoms with E-state index in [1.165, 1.54) is 11.1 Å². The second kappa shape index (κ2) is 3.31. The van der Waals surface area contributed by atoms with Gasteiger partial charge >= 0.3 is 0 Å². The van der Waals surface area contributed by atoms with E-state index >= 15 is 0 Å². The molecule has 2 rings (SSSR count). The molecule has 0 saturated carbocycles. The third-order valence-corrected chi connectivity index (χ3v) is 3.06. The molecule has 1 nitrogen and oxygen atoms in total. The van der Waals surface area contributed by atoms with Crippen LogP contribution in [0.1, 0.15) is 30.9 Å². The van der Waals surface area contributed by atoms with Crippen LogP contribution in [-0.2, 0) is 5.41 Å². The van der Waals surface area contributed by atoms with Gasteiger partial charge in [-0.15, -0.1) is 0 Å². The Morgan fingerprint density at radius 2 is 2.21 bits per heavy atom. The lowest BCUT2D eigenvalue weighted by atomic mass is 9.72. The SMILES string of the molecule is CCC1(C#N)CC=Cc2ccccc21. The number of nitrogens with zero attached hydrogens (tertiary/aromatic N) is 1. The average molecular weight is 183 g/mol. The van der Waals surface area contributed by atoms with E-state index < -0.39 is 0 Å². The molecule has 0 radical (unpaired) electrons. The standard InChI is InChI=1S/C13H13N/c1-2-13(10-14)9-5-7-11-6-3-4-8-12(11)13/h3-8H,2,9H2,1H3. The molecular formula is C13H13N. The van der Waals surface area contributed by atoms with Crippen molar-refractivity contribution in [1.29, 1.82) is 5.26 Å². The number of fused-ring (bicyclic) bond motifs is 1. The van der Waals surface area contributed by atoms with Crippen LogP contribution in [0.5, 0.6) is 0 Å². The van der Waals surface area contributed by atoms with Gasteiger partial charge in [0.2, 0.25) is 0 Å². The maximum absolute atomic E-state index is 9.30. The molecule has 1 unspecified atom stereocenters. The van der Waals surface area contributed by atoms with E-state index in [1.54, 1.807) is 0 Å². The number of allylic oxidation sites excluding steroid dienone is 1. The Morgan fingerprint density at radius 1 is 1.43 bits per heavy atom. The van der Waals surface area contributed by atoms with Crippen LogP contribution < -0.4 is 0 Å². The number of hydrogen-bond donors (Lipinski definition) is 0. The van der Waals surface area contributed by atoms with E-state index in [2.05, 4.69) is 37.3 Å². The first kappa shape index (κ1) is 9.02. The summed E-state index contributed by atoms with van der Waals surface area (Å²) in [5, 5.41) is 9.30. The molecule has 0 heterocycles. The van der Waals surface area contributed by atoms with Crippen LogP contribution in [0.3, 0.4) is 0 Å². The zero-order valence-corrected chi connectivity index (χ0v) is 8.33. The van der Waals surface area contributed by atoms with Crippen LogP contribution in [0.15, 0.2) is 30.3 Å². The first-order valence-electron chi connectivity index (χ1n) is 5.00. The molecule has 14 heavy (non-hydrogen) atoms. The normalized spacial score (nSPS) is 24.0. The van der Waals surface area contributed by atoms with Gasteiger partial charge in [0.1, 0.15) is 0 Å². The van der Waals surface area contributed by atoms with E-state index in [-0.39, 0.29) is 5.41 Å². The quantitative estimate of drug-likeness (QED) is 0.655. The van der Waals surface area contributed by atoms with Gasteiger partial charge in [-0.2, -0.15) is 5.26 Å². The molecule has 0 saturated heterocycles. The molecule has 1 heteroatoms. The highest BCUT2D eigenvalue weighted by atomic mass is 14.4. The van der Waals surface area contributed by atoms with Crippen LogP contribution in [0.25, 0.3) is 6.08 Å². The second-order valence-corrected chi connectivity index (χ2v) is 3.74. The Kier molecular flexibility index (Phi) is 2.13. The highest BCUT2D eigenvalue weighted by Crippen LogP contribution is 2.37. The predicted octanol–water partition coefficient (Wildman–Crippen LogP) is 3.27. The summed E-state index contributed by atoms with van der Waals surface area (Å²) in [6, 6.07) is 10.7. The summed E-state index contributed by atoms with van der Waals surface area (Å²) in [5.41, 5.74) is 2.10. The topological polar surface area (TPSA) is 23.8 Å². The van der Waals surface area contributed by atoms with Crippen LogP contribution in [-0.4, -0.2) is 0 Å². The molecule has 0 spiro atoms. The maximum atomic E-state index is 9.30. The molecule has 0 N–H and O–H groups in total.